The summed E-state index contributed by atoms with van der Waals surface area (Å²) in [4.78, 5) is 31.5. The Morgan fingerprint density at radius 2 is 1.42 bits per heavy atom. The number of nitro groups is 1. The largest absolute Gasteiger partial charge is 0.457 e. The number of aromatic amines is 1. The van der Waals surface area contributed by atoms with E-state index >= 15 is 0 Å². The third kappa shape index (κ3) is 7.46. The molecule has 50 heavy (non-hydrogen) atoms. The smallest absolute Gasteiger partial charge is 0.344 e. The molecule has 6 rings (SSSR count). The molecule has 0 saturated carbocycles. The van der Waals surface area contributed by atoms with Gasteiger partial charge in [-0.2, -0.15) is 0 Å². The molecule has 0 bridgehead atoms. The molecule has 0 saturated heterocycles. The van der Waals surface area contributed by atoms with E-state index < -0.39 is 34.2 Å². The number of allylic oxidation sites excluding steroid dienone is 1. The van der Waals surface area contributed by atoms with Crippen LogP contribution in [0.25, 0.3) is 5.57 Å². The van der Waals surface area contributed by atoms with Crippen LogP contribution in [0.2, 0.25) is 0 Å². The summed E-state index contributed by atoms with van der Waals surface area (Å²) in [6.45, 7) is 3.51. The molecule has 0 fully saturated rings. The number of nitrogens with one attached hydrogen (secondary N) is 1. The Morgan fingerprint density at radius 1 is 0.800 bits per heavy atom. The van der Waals surface area contributed by atoms with Crippen LogP contribution < -0.4 is 9.47 Å². The molecule has 0 unspecified atom stereocenters. The number of hydrogen-bond acceptors (Lipinski definition) is 7. The molecule has 0 radical (unpaired) electrons. The lowest BCUT2D eigenvalue weighted by Gasteiger charge is -2.11. The number of halogens is 4. The van der Waals surface area contributed by atoms with Gasteiger partial charge in [-0.25, -0.2) is 27.3 Å². The predicted molar refractivity (Wildman–Crippen MR) is 175 cm³/mol. The monoisotopic (exact) mass is 683 g/mol. The number of H-pyrrole nitrogens is 1. The van der Waals surface area contributed by atoms with Crippen molar-refractivity contribution in [2.24, 2.45) is 4.99 Å². The number of ether oxygens (including phenoxy) is 3. The van der Waals surface area contributed by atoms with Crippen LogP contribution in [0, 0.1) is 47.2 Å². The van der Waals surface area contributed by atoms with Gasteiger partial charge in [-0.1, -0.05) is 29.3 Å². The quantitative estimate of drug-likeness (QED) is 0.0717. The lowest BCUT2D eigenvalue weighted by Crippen LogP contribution is -2.06. The molecule has 1 aromatic heterocycles. The fourth-order valence-electron chi connectivity index (χ4n) is 5.18. The van der Waals surface area contributed by atoms with Crippen molar-refractivity contribution >= 4 is 23.1 Å². The van der Waals surface area contributed by atoms with Crippen LogP contribution in [-0.4, -0.2) is 21.8 Å². The molecule has 1 aliphatic rings. The van der Waals surface area contributed by atoms with Crippen LogP contribution in [0.3, 0.4) is 0 Å². The fraction of sp³-hybridized carbons (Fsp3) is 0.0811. The molecule has 9 nitrogen and oxygen atoms in total. The summed E-state index contributed by atoms with van der Waals surface area (Å²) in [6, 6.07) is 18.0. The van der Waals surface area contributed by atoms with Crippen molar-refractivity contribution in [3.8, 4) is 17.4 Å². The van der Waals surface area contributed by atoms with Crippen LogP contribution in [0.1, 0.15) is 38.3 Å². The molecule has 2 heterocycles. The second kappa shape index (κ2) is 13.9. The molecule has 13 heteroatoms. The van der Waals surface area contributed by atoms with Gasteiger partial charge in [-0.15, -0.1) is 0 Å². The SMILES string of the molecule is Cc1cc(C)cc(/C(=C2\C=CC(Oc3ccc(F)cc3F)=N2)c2cc(C(=O)OCc3ccc([N+](=O)[O-])cc3)c(Oc3ccc(F)cc3F)[nH]2)c1. The number of nitro benzene ring substituents is 1. The minimum Gasteiger partial charge on any atom is -0.457 e. The van der Waals surface area contributed by atoms with E-state index in [1.807, 2.05) is 32.0 Å². The standard InChI is InChI=1S/C37H25F4N3O6/c1-20-13-21(2)15-23(14-20)35(30-9-12-34(42-30)49-32-10-5-24(38)16-28(32)40)31-18-27(36(43-31)50-33-11-6-25(39)17-29(33)41)37(45)48-19-22-3-7-26(8-4-22)44(46)47/h3-18,43H,19H2,1-2H3/b35-30-. The highest BCUT2D eigenvalue weighted by Crippen LogP contribution is 2.36. The van der Waals surface area contributed by atoms with E-state index in [1.165, 1.54) is 36.4 Å². The number of aryl methyl sites for hydroxylation is 2. The fourth-order valence-corrected chi connectivity index (χ4v) is 5.18. The summed E-state index contributed by atoms with van der Waals surface area (Å²) in [7, 11) is 0. The van der Waals surface area contributed by atoms with E-state index in [2.05, 4.69) is 9.98 Å². The van der Waals surface area contributed by atoms with E-state index in [1.54, 1.807) is 6.08 Å². The molecule has 252 valence electrons. The highest BCUT2D eigenvalue weighted by Gasteiger charge is 2.25. The summed E-state index contributed by atoms with van der Waals surface area (Å²) in [5, 5.41) is 11.0. The lowest BCUT2D eigenvalue weighted by atomic mass is 9.96. The Morgan fingerprint density at radius 3 is 2.02 bits per heavy atom. The molecular formula is C37H25F4N3O6. The molecular weight excluding hydrogens is 658 g/mol. The first-order valence-electron chi connectivity index (χ1n) is 14.9. The van der Waals surface area contributed by atoms with E-state index in [4.69, 9.17) is 14.2 Å². The zero-order valence-corrected chi connectivity index (χ0v) is 26.3. The number of aromatic nitrogens is 1. The third-order valence-corrected chi connectivity index (χ3v) is 7.38. The van der Waals surface area contributed by atoms with Crippen LogP contribution in [0.4, 0.5) is 23.2 Å². The Labute approximate surface area is 281 Å². The van der Waals surface area contributed by atoms with Crippen molar-refractivity contribution in [1.29, 1.82) is 0 Å². The van der Waals surface area contributed by atoms with Gasteiger partial charge in [-0.05, 0) is 73.5 Å². The van der Waals surface area contributed by atoms with Gasteiger partial charge in [0.15, 0.2) is 23.1 Å². The van der Waals surface area contributed by atoms with Crippen molar-refractivity contribution in [3.05, 3.63) is 170 Å². The molecule has 1 aliphatic heterocycles. The number of non-ortho nitro benzene ring substituents is 1. The van der Waals surface area contributed by atoms with Gasteiger partial charge in [0.25, 0.3) is 5.69 Å². The molecule has 0 amide bonds. The Balaban J connectivity index is 1.42. The van der Waals surface area contributed by atoms with Gasteiger partial charge in [0, 0.05) is 35.9 Å². The maximum Gasteiger partial charge on any atom is 0.344 e. The summed E-state index contributed by atoms with van der Waals surface area (Å²) >= 11 is 0. The number of nitrogens with zero attached hydrogens (tertiary/aromatic N) is 2. The Kier molecular flexibility index (Phi) is 9.30. The van der Waals surface area contributed by atoms with Crippen molar-refractivity contribution < 1.29 is 41.5 Å². The normalized spacial score (nSPS) is 13.2. The molecule has 1 N–H and O–H groups in total. The molecule has 0 atom stereocenters. The van der Waals surface area contributed by atoms with Gasteiger partial charge in [0.1, 0.15) is 23.8 Å². The molecule has 0 spiro atoms. The molecule has 5 aromatic rings. The van der Waals surface area contributed by atoms with E-state index in [0.29, 0.717) is 34.5 Å². The average Bonchev–Trinajstić information content (AvgIpc) is 3.70. The summed E-state index contributed by atoms with van der Waals surface area (Å²) in [5.74, 6) is -5.35. The first-order valence-corrected chi connectivity index (χ1v) is 14.9. The van der Waals surface area contributed by atoms with Gasteiger partial charge >= 0.3 is 5.97 Å². The number of esters is 1. The van der Waals surface area contributed by atoms with Crippen LogP contribution in [-0.2, 0) is 11.3 Å². The summed E-state index contributed by atoms with van der Waals surface area (Å²) in [6.07, 6.45) is 3.08. The maximum atomic E-state index is 14.7. The van der Waals surface area contributed by atoms with Gasteiger partial charge < -0.3 is 19.2 Å². The van der Waals surface area contributed by atoms with E-state index in [-0.39, 0.29) is 46.8 Å². The topological polar surface area (TPSA) is 116 Å². The van der Waals surface area contributed by atoms with Crippen molar-refractivity contribution in [2.75, 3.05) is 0 Å². The van der Waals surface area contributed by atoms with Crippen LogP contribution >= 0.6 is 0 Å². The summed E-state index contributed by atoms with van der Waals surface area (Å²) in [5.41, 5.74) is 3.62. The predicted octanol–water partition coefficient (Wildman–Crippen LogP) is 9.05. The minimum absolute atomic E-state index is 0.00785. The van der Waals surface area contributed by atoms with E-state index in [0.717, 1.165) is 35.4 Å². The number of hydrogen-bond donors (Lipinski definition) is 1. The zero-order valence-electron chi connectivity index (χ0n) is 26.3. The first kappa shape index (κ1) is 33.4. The number of rotatable bonds is 9. The number of carbonyl (C=O) groups is 1. The minimum atomic E-state index is -1.03. The highest BCUT2D eigenvalue weighted by molar-refractivity contribution is 5.99. The van der Waals surface area contributed by atoms with Gasteiger partial charge in [0.05, 0.1) is 16.3 Å². The van der Waals surface area contributed by atoms with Crippen molar-refractivity contribution in [3.63, 3.8) is 0 Å². The number of carbonyl (C=O) groups excluding carboxylic acids is 1. The maximum absolute atomic E-state index is 14.7. The van der Waals surface area contributed by atoms with E-state index in [9.17, 15) is 32.5 Å². The lowest BCUT2D eigenvalue weighted by molar-refractivity contribution is -0.384. The third-order valence-electron chi connectivity index (χ3n) is 7.38. The molecule has 4 aromatic carbocycles. The zero-order chi connectivity index (χ0) is 35.5. The van der Waals surface area contributed by atoms with Crippen LogP contribution in [0.5, 0.6) is 17.4 Å². The van der Waals surface area contributed by atoms with Gasteiger partial charge in [0.2, 0.25) is 11.8 Å². The second-order valence-electron chi connectivity index (χ2n) is 11.2. The first-order chi connectivity index (χ1) is 23.9. The average molecular weight is 684 g/mol. The Hall–Kier alpha value is -6.50. The molecule has 0 aliphatic carbocycles. The van der Waals surface area contributed by atoms with Gasteiger partial charge in [-0.3, -0.25) is 10.1 Å². The second-order valence-corrected chi connectivity index (χ2v) is 11.2. The van der Waals surface area contributed by atoms with Crippen molar-refractivity contribution in [2.45, 2.75) is 20.5 Å². The Bertz CT molecular complexity index is 2220. The summed E-state index contributed by atoms with van der Waals surface area (Å²) < 4.78 is 73.1. The van der Waals surface area contributed by atoms with Crippen LogP contribution in [0.15, 0.2) is 108 Å². The number of aliphatic imine (C=N–C) groups is 1. The number of benzene rings is 4. The van der Waals surface area contributed by atoms with Crippen molar-refractivity contribution in [1.82, 2.24) is 4.98 Å². The highest BCUT2D eigenvalue weighted by atomic mass is 19.1.